The molecule has 0 bridgehead atoms. The average Bonchev–Trinajstić information content (AvgIpc) is 3.07. The SMILES string of the molecule is N#Cc1cc([C@@H]2CC[C@H](c3ccccc3)c3ccccc32)cc([C@H]2CC[C@H](c3ccccc3)c3ccccc32)c1C#N. The quantitative estimate of drug-likeness (QED) is 0.228. The molecule has 5 aromatic carbocycles. The second-order valence-corrected chi connectivity index (χ2v) is 11.7. The number of nitrogens with zero attached hydrogens (tertiary/aromatic N) is 2. The van der Waals surface area contributed by atoms with Gasteiger partial charge in [-0.3, -0.25) is 0 Å². The molecule has 0 N–H and O–H groups in total. The zero-order valence-electron chi connectivity index (χ0n) is 23.6. The first kappa shape index (κ1) is 26.0. The predicted octanol–water partition coefficient (Wildman–Crippen LogP) is 9.55. The lowest BCUT2D eigenvalue weighted by Gasteiger charge is -2.35. The lowest BCUT2D eigenvalue weighted by molar-refractivity contribution is 0.556. The van der Waals surface area contributed by atoms with Crippen LogP contribution in [0.25, 0.3) is 0 Å². The van der Waals surface area contributed by atoms with Crippen molar-refractivity contribution >= 4 is 0 Å². The van der Waals surface area contributed by atoms with Crippen molar-refractivity contribution in [2.45, 2.75) is 49.4 Å². The summed E-state index contributed by atoms with van der Waals surface area (Å²) in [4.78, 5) is 0. The van der Waals surface area contributed by atoms with E-state index in [0.29, 0.717) is 23.0 Å². The van der Waals surface area contributed by atoms with Gasteiger partial charge in [0, 0.05) is 23.7 Å². The van der Waals surface area contributed by atoms with Crippen LogP contribution >= 0.6 is 0 Å². The highest BCUT2D eigenvalue weighted by atomic mass is 14.4. The molecule has 2 heteroatoms. The highest BCUT2D eigenvalue weighted by Gasteiger charge is 2.33. The van der Waals surface area contributed by atoms with Crippen molar-refractivity contribution in [3.63, 3.8) is 0 Å². The van der Waals surface area contributed by atoms with E-state index in [1.165, 1.54) is 33.4 Å². The van der Waals surface area contributed by atoms with E-state index in [2.05, 4.69) is 127 Å². The number of benzene rings is 5. The van der Waals surface area contributed by atoms with E-state index in [9.17, 15) is 10.5 Å². The number of fused-ring (bicyclic) bond motifs is 2. The van der Waals surface area contributed by atoms with Gasteiger partial charge < -0.3 is 0 Å². The molecule has 0 amide bonds. The first-order chi connectivity index (χ1) is 20.8. The van der Waals surface area contributed by atoms with Crippen LogP contribution in [0.4, 0.5) is 0 Å². The Morgan fingerprint density at radius 3 is 1.26 bits per heavy atom. The third kappa shape index (κ3) is 4.51. The summed E-state index contributed by atoms with van der Waals surface area (Å²) < 4.78 is 0. The molecular formula is C40H32N2. The van der Waals surface area contributed by atoms with Gasteiger partial charge in [0.05, 0.1) is 11.1 Å². The Morgan fingerprint density at radius 2 is 0.810 bits per heavy atom. The Bertz CT molecular complexity index is 1820. The fourth-order valence-corrected chi connectivity index (χ4v) is 7.69. The van der Waals surface area contributed by atoms with Crippen molar-refractivity contribution in [3.05, 3.63) is 177 Å². The maximum absolute atomic E-state index is 10.4. The Morgan fingerprint density at radius 1 is 0.405 bits per heavy atom. The molecule has 0 saturated heterocycles. The van der Waals surface area contributed by atoms with Gasteiger partial charge >= 0.3 is 0 Å². The van der Waals surface area contributed by atoms with Crippen LogP contribution in [0.15, 0.2) is 121 Å². The zero-order valence-corrected chi connectivity index (χ0v) is 23.6. The molecular weight excluding hydrogens is 508 g/mol. The summed E-state index contributed by atoms with van der Waals surface area (Å²) >= 11 is 0. The molecule has 4 atom stereocenters. The van der Waals surface area contributed by atoms with E-state index < -0.39 is 0 Å². The third-order valence-corrected chi connectivity index (χ3v) is 9.59. The van der Waals surface area contributed by atoms with Gasteiger partial charge in [0.15, 0.2) is 0 Å². The highest BCUT2D eigenvalue weighted by Crippen LogP contribution is 2.49. The minimum Gasteiger partial charge on any atom is -0.192 e. The number of hydrogen-bond donors (Lipinski definition) is 0. The summed E-state index contributed by atoms with van der Waals surface area (Å²) in [6.07, 6.45) is 4.00. The standard InChI is InChI=1S/C40H32N2/c41-25-30-23-29(33-20-19-31(27-11-3-1-4-12-27)34-15-7-8-17-36(33)34)24-39(40(30)26-42)38-22-21-32(28-13-5-2-6-14-28)35-16-9-10-18-37(35)38/h1-18,23-24,31-33,38H,19-22H2/t31-,32-,33+,38+/m1/s1. The Balaban J connectivity index is 1.34. The smallest absolute Gasteiger partial charge is 0.101 e. The predicted molar refractivity (Wildman–Crippen MR) is 167 cm³/mol. The van der Waals surface area contributed by atoms with Crippen molar-refractivity contribution in [3.8, 4) is 12.1 Å². The maximum Gasteiger partial charge on any atom is 0.101 e. The first-order valence-electron chi connectivity index (χ1n) is 15.0. The molecule has 0 fully saturated rings. The average molecular weight is 541 g/mol. The second kappa shape index (κ2) is 11.2. The first-order valence-corrected chi connectivity index (χ1v) is 15.0. The van der Waals surface area contributed by atoms with Crippen LogP contribution in [-0.4, -0.2) is 0 Å². The molecule has 202 valence electrons. The van der Waals surface area contributed by atoms with E-state index in [1.807, 2.05) is 6.07 Å². The summed E-state index contributed by atoms with van der Waals surface area (Å²) in [7, 11) is 0. The topological polar surface area (TPSA) is 47.6 Å². The minimum absolute atomic E-state index is 0.0822. The van der Waals surface area contributed by atoms with Gasteiger partial charge in [0.25, 0.3) is 0 Å². The Labute approximate surface area is 248 Å². The summed E-state index contributed by atoms with van der Waals surface area (Å²) in [5.41, 5.74) is 11.2. The van der Waals surface area contributed by atoms with Gasteiger partial charge in [0.1, 0.15) is 12.1 Å². The summed E-state index contributed by atoms with van der Waals surface area (Å²) in [6, 6.07) is 48.2. The molecule has 0 aromatic heterocycles. The van der Waals surface area contributed by atoms with Gasteiger partial charge in [-0.25, -0.2) is 0 Å². The summed E-state index contributed by atoms with van der Waals surface area (Å²) in [5, 5.41) is 20.6. The van der Waals surface area contributed by atoms with Crippen molar-refractivity contribution in [1.82, 2.24) is 0 Å². The molecule has 5 aromatic rings. The molecule has 0 saturated carbocycles. The van der Waals surface area contributed by atoms with Crippen molar-refractivity contribution < 1.29 is 0 Å². The molecule has 7 rings (SSSR count). The maximum atomic E-state index is 10.4. The molecule has 0 aliphatic heterocycles. The van der Waals surface area contributed by atoms with Gasteiger partial charge in [-0.05, 0) is 76.3 Å². The molecule has 0 spiro atoms. The lowest BCUT2D eigenvalue weighted by Crippen LogP contribution is -2.19. The van der Waals surface area contributed by atoms with Crippen molar-refractivity contribution in [2.75, 3.05) is 0 Å². The van der Waals surface area contributed by atoms with Crippen molar-refractivity contribution in [2.24, 2.45) is 0 Å². The fraction of sp³-hybridized carbons (Fsp3) is 0.200. The fourth-order valence-electron chi connectivity index (χ4n) is 7.69. The molecule has 42 heavy (non-hydrogen) atoms. The lowest BCUT2D eigenvalue weighted by atomic mass is 9.69. The van der Waals surface area contributed by atoms with E-state index in [4.69, 9.17) is 0 Å². The molecule has 2 aliphatic carbocycles. The van der Waals surface area contributed by atoms with Gasteiger partial charge in [0.2, 0.25) is 0 Å². The minimum atomic E-state index is 0.0822. The van der Waals surface area contributed by atoms with E-state index in [0.717, 1.165) is 36.8 Å². The van der Waals surface area contributed by atoms with E-state index >= 15 is 0 Å². The van der Waals surface area contributed by atoms with E-state index in [-0.39, 0.29) is 11.8 Å². The second-order valence-electron chi connectivity index (χ2n) is 11.7. The number of hydrogen-bond acceptors (Lipinski definition) is 2. The monoisotopic (exact) mass is 540 g/mol. The molecule has 0 heterocycles. The molecule has 0 radical (unpaired) electrons. The number of nitriles is 2. The summed E-state index contributed by atoms with van der Waals surface area (Å²) in [6.45, 7) is 0. The molecule has 2 aliphatic rings. The van der Waals surface area contributed by atoms with Crippen LogP contribution in [0.1, 0.15) is 105 Å². The van der Waals surface area contributed by atoms with E-state index in [1.54, 1.807) is 0 Å². The largest absolute Gasteiger partial charge is 0.192 e. The van der Waals surface area contributed by atoms with Crippen LogP contribution < -0.4 is 0 Å². The Hall–Kier alpha value is -4.92. The Kier molecular flexibility index (Phi) is 6.91. The third-order valence-electron chi connectivity index (χ3n) is 9.59. The summed E-state index contributed by atoms with van der Waals surface area (Å²) in [5.74, 6) is 0.976. The van der Waals surface area contributed by atoms with Crippen LogP contribution in [0.3, 0.4) is 0 Å². The molecule has 2 nitrogen and oxygen atoms in total. The van der Waals surface area contributed by atoms with Crippen LogP contribution in [0.2, 0.25) is 0 Å². The molecule has 0 unspecified atom stereocenters. The van der Waals surface area contributed by atoms with Gasteiger partial charge in [-0.15, -0.1) is 0 Å². The van der Waals surface area contributed by atoms with Crippen LogP contribution in [-0.2, 0) is 0 Å². The normalized spacial score (nSPS) is 20.9. The van der Waals surface area contributed by atoms with Crippen molar-refractivity contribution in [1.29, 1.82) is 10.5 Å². The van der Waals surface area contributed by atoms with Crippen LogP contribution in [0.5, 0.6) is 0 Å². The highest BCUT2D eigenvalue weighted by molar-refractivity contribution is 5.59. The van der Waals surface area contributed by atoms with Crippen LogP contribution in [0, 0.1) is 22.7 Å². The van der Waals surface area contributed by atoms with Gasteiger partial charge in [-0.1, -0.05) is 115 Å². The zero-order chi connectivity index (χ0) is 28.5. The number of rotatable bonds is 4. The van der Waals surface area contributed by atoms with Gasteiger partial charge in [-0.2, -0.15) is 10.5 Å².